The summed E-state index contributed by atoms with van der Waals surface area (Å²) in [5.41, 5.74) is 3.09. The van der Waals surface area contributed by atoms with Crippen LogP contribution in [0.4, 0.5) is 5.69 Å². The number of anilines is 1. The van der Waals surface area contributed by atoms with Crippen molar-refractivity contribution < 1.29 is 4.79 Å². The lowest BCUT2D eigenvalue weighted by atomic mass is 9.85. The van der Waals surface area contributed by atoms with Gasteiger partial charge in [0.15, 0.2) is 0 Å². The van der Waals surface area contributed by atoms with E-state index in [-0.39, 0.29) is 11.3 Å². The van der Waals surface area contributed by atoms with Crippen LogP contribution in [0.5, 0.6) is 0 Å². The molecular weight excluding hydrogens is 186 g/mol. The van der Waals surface area contributed by atoms with Crippen molar-refractivity contribution in [2.45, 2.75) is 33.1 Å². The average Bonchev–Trinajstić information content (AvgIpc) is 2.37. The highest BCUT2D eigenvalue weighted by Crippen LogP contribution is 2.41. The number of rotatable bonds is 1. The molecule has 0 aromatic heterocycles. The number of likely N-dealkylation sites (N-methyl/N-ethyl adjacent to an activating group) is 1. The maximum atomic E-state index is 12.2. The van der Waals surface area contributed by atoms with E-state index in [9.17, 15) is 4.79 Å². The Labute approximate surface area is 90.9 Å². The summed E-state index contributed by atoms with van der Waals surface area (Å²) < 4.78 is 0. The van der Waals surface area contributed by atoms with Crippen LogP contribution in [0.3, 0.4) is 0 Å². The molecular formula is C13H17NO. The highest BCUT2D eigenvalue weighted by Gasteiger charge is 2.42. The minimum atomic E-state index is -0.364. The summed E-state index contributed by atoms with van der Waals surface area (Å²) in [6.07, 6.45) is 0. The smallest absolute Gasteiger partial charge is 0.237 e. The summed E-state index contributed by atoms with van der Waals surface area (Å²) >= 11 is 0. The SMILES string of the molecule is CCN1C(=O)C(C)(C)c2cc(C)ccc21. The Hall–Kier alpha value is -1.31. The predicted octanol–water partition coefficient (Wildman–Crippen LogP) is 2.64. The molecule has 2 heteroatoms. The number of hydrogen-bond donors (Lipinski definition) is 0. The van der Waals surface area contributed by atoms with Gasteiger partial charge in [-0.05, 0) is 39.3 Å². The van der Waals surface area contributed by atoms with Crippen LogP contribution >= 0.6 is 0 Å². The zero-order valence-corrected chi connectivity index (χ0v) is 9.79. The summed E-state index contributed by atoms with van der Waals surface area (Å²) in [7, 11) is 0. The molecule has 1 amide bonds. The van der Waals surface area contributed by atoms with Crippen molar-refractivity contribution in [3.63, 3.8) is 0 Å². The van der Waals surface area contributed by atoms with Crippen LogP contribution in [0.2, 0.25) is 0 Å². The van der Waals surface area contributed by atoms with Gasteiger partial charge in [0.1, 0.15) is 0 Å². The van der Waals surface area contributed by atoms with Crippen LogP contribution < -0.4 is 4.90 Å². The molecule has 1 heterocycles. The van der Waals surface area contributed by atoms with Gasteiger partial charge in [0.05, 0.1) is 5.41 Å². The molecule has 2 rings (SSSR count). The number of hydrogen-bond acceptors (Lipinski definition) is 1. The Morgan fingerprint density at radius 1 is 1.33 bits per heavy atom. The zero-order chi connectivity index (χ0) is 11.2. The van der Waals surface area contributed by atoms with Crippen LogP contribution in [0, 0.1) is 6.92 Å². The van der Waals surface area contributed by atoms with Gasteiger partial charge < -0.3 is 4.90 Å². The van der Waals surface area contributed by atoms with Crippen LogP contribution in [-0.2, 0) is 10.2 Å². The third-order valence-electron chi connectivity index (χ3n) is 3.21. The number of carbonyl (C=O) groups is 1. The maximum Gasteiger partial charge on any atom is 0.237 e. The second kappa shape index (κ2) is 3.09. The third-order valence-corrected chi connectivity index (χ3v) is 3.21. The Morgan fingerprint density at radius 3 is 2.60 bits per heavy atom. The van der Waals surface area contributed by atoms with E-state index in [1.165, 1.54) is 5.56 Å². The summed E-state index contributed by atoms with van der Waals surface area (Å²) in [6, 6.07) is 6.25. The second-order valence-electron chi connectivity index (χ2n) is 4.70. The van der Waals surface area contributed by atoms with E-state index < -0.39 is 0 Å². The minimum absolute atomic E-state index is 0.214. The zero-order valence-electron chi connectivity index (χ0n) is 9.79. The van der Waals surface area contributed by atoms with Gasteiger partial charge in [-0.25, -0.2) is 0 Å². The minimum Gasteiger partial charge on any atom is -0.312 e. The van der Waals surface area contributed by atoms with Crippen molar-refractivity contribution in [1.82, 2.24) is 0 Å². The number of carbonyl (C=O) groups excluding carboxylic acids is 1. The van der Waals surface area contributed by atoms with Crippen molar-refractivity contribution in [2.24, 2.45) is 0 Å². The van der Waals surface area contributed by atoms with Crippen LogP contribution in [0.15, 0.2) is 18.2 Å². The molecule has 0 atom stereocenters. The van der Waals surface area contributed by atoms with Gasteiger partial charge in [-0.3, -0.25) is 4.79 Å². The summed E-state index contributed by atoms with van der Waals surface area (Å²) in [4.78, 5) is 14.0. The molecule has 0 bridgehead atoms. The number of fused-ring (bicyclic) bond motifs is 1. The lowest BCUT2D eigenvalue weighted by Crippen LogP contribution is -2.35. The lowest BCUT2D eigenvalue weighted by Gasteiger charge is -2.18. The molecule has 1 aromatic carbocycles. The fraction of sp³-hybridized carbons (Fsp3) is 0.462. The average molecular weight is 203 g/mol. The maximum absolute atomic E-state index is 12.2. The van der Waals surface area contributed by atoms with Crippen molar-refractivity contribution in [3.05, 3.63) is 29.3 Å². The summed E-state index contributed by atoms with van der Waals surface area (Å²) in [5.74, 6) is 0.214. The fourth-order valence-electron chi connectivity index (χ4n) is 2.26. The lowest BCUT2D eigenvalue weighted by molar-refractivity contribution is -0.122. The number of benzene rings is 1. The largest absolute Gasteiger partial charge is 0.312 e. The molecule has 0 saturated carbocycles. The molecule has 0 aliphatic carbocycles. The Bertz CT molecular complexity index is 421. The van der Waals surface area contributed by atoms with E-state index in [1.807, 2.05) is 25.7 Å². The second-order valence-corrected chi connectivity index (χ2v) is 4.70. The van der Waals surface area contributed by atoms with Crippen LogP contribution in [-0.4, -0.2) is 12.5 Å². The highest BCUT2D eigenvalue weighted by atomic mass is 16.2. The first kappa shape index (κ1) is 10.2. The van der Waals surface area contributed by atoms with Crippen LogP contribution in [0.1, 0.15) is 31.9 Å². The molecule has 0 spiro atoms. The summed E-state index contributed by atoms with van der Waals surface area (Å²) in [5, 5.41) is 0. The standard InChI is InChI=1S/C13H17NO/c1-5-14-11-7-6-9(2)8-10(11)13(3,4)12(14)15/h6-8H,5H2,1-4H3. The van der Waals surface area contributed by atoms with Crippen LogP contribution in [0.25, 0.3) is 0 Å². The topological polar surface area (TPSA) is 20.3 Å². The molecule has 80 valence electrons. The van der Waals surface area contributed by atoms with Crippen molar-refractivity contribution >= 4 is 11.6 Å². The normalized spacial score (nSPS) is 18.1. The Morgan fingerprint density at radius 2 is 2.00 bits per heavy atom. The molecule has 0 N–H and O–H groups in total. The Kier molecular flexibility index (Phi) is 2.10. The first-order valence-electron chi connectivity index (χ1n) is 5.41. The molecule has 0 unspecified atom stereocenters. The number of amides is 1. The Balaban J connectivity index is 2.65. The van der Waals surface area contributed by atoms with E-state index in [4.69, 9.17) is 0 Å². The van der Waals surface area contributed by atoms with Crippen molar-refractivity contribution in [3.8, 4) is 0 Å². The molecule has 0 radical (unpaired) electrons. The van der Waals surface area contributed by atoms with E-state index in [0.717, 1.165) is 17.8 Å². The van der Waals surface area contributed by atoms with Gasteiger partial charge in [0.25, 0.3) is 0 Å². The van der Waals surface area contributed by atoms with Crippen molar-refractivity contribution in [2.75, 3.05) is 11.4 Å². The summed E-state index contributed by atoms with van der Waals surface area (Å²) in [6.45, 7) is 8.84. The van der Waals surface area contributed by atoms with Gasteiger partial charge in [-0.15, -0.1) is 0 Å². The van der Waals surface area contributed by atoms with Gasteiger partial charge >= 0.3 is 0 Å². The molecule has 0 fully saturated rings. The van der Waals surface area contributed by atoms with Gasteiger partial charge in [0, 0.05) is 12.2 Å². The molecule has 0 saturated heterocycles. The fourth-order valence-corrected chi connectivity index (χ4v) is 2.26. The molecule has 1 aromatic rings. The van der Waals surface area contributed by atoms with Gasteiger partial charge in [0.2, 0.25) is 5.91 Å². The van der Waals surface area contributed by atoms with Gasteiger partial charge in [-0.1, -0.05) is 17.7 Å². The third kappa shape index (κ3) is 1.28. The van der Waals surface area contributed by atoms with E-state index in [0.29, 0.717) is 0 Å². The van der Waals surface area contributed by atoms with E-state index >= 15 is 0 Å². The van der Waals surface area contributed by atoms with E-state index in [2.05, 4.69) is 25.1 Å². The highest BCUT2D eigenvalue weighted by molar-refractivity contribution is 6.07. The molecule has 1 aliphatic rings. The first-order valence-corrected chi connectivity index (χ1v) is 5.41. The molecule has 1 aliphatic heterocycles. The quantitative estimate of drug-likeness (QED) is 0.687. The molecule has 2 nitrogen and oxygen atoms in total. The number of nitrogens with zero attached hydrogens (tertiary/aromatic N) is 1. The van der Waals surface area contributed by atoms with Gasteiger partial charge in [-0.2, -0.15) is 0 Å². The molecule has 15 heavy (non-hydrogen) atoms. The van der Waals surface area contributed by atoms with Crippen molar-refractivity contribution in [1.29, 1.82) is 0 Å². The van der Waals surface area contributed by atoms with E-state index in [1.54, 1.807) is 0 Å². The predicted molar refractivity (Wildman–Crippen MR) is 62.2 cm³/mol. The number of aryl methyl sites for hydroxylation is 1. The monoisotopic (exact) mass is 203 g/mol. The first-order chi connectivity index (χ1) is 6.98.